The lowest BCUT2D eigenvalue weighted by atomic mass is 10.1. The third-order valence-corrected chi connectivity index (χ3v) is 5.51. The normalized spacial score (nSPS) is 17.5. The fraction of sp³-hybridized carbons (Fsp3) is 0.571. The summed E-state index contributed by atoms with van der Waals surface area (Å²) < 4.78 is 27.6. The molecular formula is C14H22N2O2S. The minimum Gasteiger partial charge on any atom is -0.326 e. The Morgan fingerprint density at radius 2 is 1.95 bits per heavy atom. The molecule has 1 fully saturated rings. The van der Waals surface area contributed by atoms with E-state index < -0.39 is 10.0 Å². The highest BCUT2D eigenvalue weighted by molar-refractivity contribution is 7.89. The Labute approximate surface area is 115 Å². The number of aryl methyl sites for hydroxylation is 2. The predicted molar refractivity (Wildman–Crippen MR) is 76.3 cm³/mol. The number of hydrogen-bond acceptors (Lipinski definition) is 3. The SMILES string of the molecule is Cc1cc(C)c(S(=O)(=O)NC(C)C2CC2)cc1CN. The molecule has 3 N–H and O–H groups in total. The van der Waals surface area contributed by atoms with Gasteiger partial charge in [0.1, 0.15) is 0 Å². The molecule has 1 saturated carbocycles. The van der Waals surface area contributed by atoms with Crippen molar-refractivity contribution in [2.75, 3.05) is 0 Å². The van der Waals surface area contributed by atoms with Crippen LogP contribution in [0.5, 0.6) is 0 Å². The zero-order valence-electron chi connectivity index (χ0n) is 11.7. The second-order valence-corrected chi connectivity index (χ2v) is 7.18. The van der Waals surface area contributed by atoms with E-state index in [1.54, 1.807) is 6.07 Å². The molecule has 1 aliphatic carbocycles. The maximum absolute atomic E-state index is 12.4. The number of rotatable bonds is 5. The molecule has 4 nitrogen and oxygen atoms in total. The van der Waals surface area contributed by atoms with Crippen molar-refractivity contribution in [2.24, 2.45) is 11.7 Å². The van der Waals surface area contributed by atoms with E-state index in [-0.39, 0.29) is 6.04 Å². The first-order chi connectivity index (χ1) is 8.85. The number of hydrogen-bond donors (Lipinski definition) is 2. The molecule has 5 heteroatoms. The molecule has 0 bridgehead atoms. The summed E-state index contributed by atoms with van der Waals surface area (Å²) in [6, 6.07) is 3.59. The van der Waals surface area contributed by atoms with Crippen LogP contribution in [0.15, 0.2) is 17.0 Å². The van der Waals surface area contributed by atoms with Crippen LogP contribution in [0.4, 0.5) is 0 Å². The van der Waals surface area contributed by atoms with Gasteiger partial charge in [-0.3, -0.25) is 0 Å². The average Bonchev–Trinajstić information content (AvgIpc) is 3.11. The molecule has 0 spiro atoms. The monoisotopic (exact) mass is 282 g/mol. The first-order valence-electron chi connectivity index (χ1n) is 6.67. The standard InChI is InChI=1S/C14H22N2O2S/c1-9-6-10(2)14(7-13(9)8-15)19(17,18)16-11(3)12-4-5-12/h6-7,11-12,16H,4-5,8,15H2,1-3H3. The van der Waals surface area contributed by atoms with Crippen molar-refractivity contribution in [1.82, 2.24) is 4.72 Å². The summed E-state index contributed by atoms with van der Waals surface area (Å²) in [7, 11) is -3.45. The highest BCUT2D eigenvalue weighted by atomic mass is 32.2. The van der Waals surface area contributed by atoms with E-state index in [0.29, 0.717) is 17.4 Å². The van der Waals surface area contributed by atoms with Gasteiger partial charge in [-0.15, -0.1) is 0 Å². The van der Waals surface area contributed by atoms with Gasteiger partial charge in [0, 0.05) is 12.6 Å². The Hall–Kier alpha value is -0.910. The Balaban J connectivity index is 2.33. The molecule has 0 heterocycles. The summed E-state index contributed by atoms with van der Waals surface area (Å²) in [5.74, 6) is 0.495. The Morgan fingerprint density at radius 3 is 2.47 bits per heavy atom. The van der Waals surface area contributed by atoms with Gasteiger partial charge in [-0.2, -0.15) is 0 Å². The van der Waals surface area contributed by atoms with Gasteiger partial charge >= 0.3 is 0 Å². The third-order valence-electron chi connectivity index (χ3n) is 3.81. The van der Waals surface area contributed by atoms with Crippen molar-refractivity contribution in [2.45, 2.75) is 51.1 Å². The summed E-state index contributed by atoms with van der Waals surface area (Å²) >= 11 is 0. The van der Waals surface area contributed by atoms with Crippen molar-refractivity contribution in [1.29, 1.82) is 0 Å². The maximum atomic E-state index is 12.4. The minimum absolute atomic E-state index is 0.00651. The van der Waals surface area contributed by atoms with Crippen LogP contribution in [0.1, 0.15) is 36.5 Å². The van der Waals surface area contributed by atoms with E-state index in [0.717, 1.165) is 29.5 Å². The van der Waals surface area contributed by atoms with Gasteiger partial charge in [0.05, 0.1) is 4.90 Å². The van der Waals surface area contributed by atoms with Crippen molar-refractivity contribution < 1.29 is 8.42 Å². The number of nitrogens with two attached hydrogens (primary N) is 1. The Morgan fingerprint density at radius 1 is 1.32 bits per heavy atom. The van der Waals surface area contributed by atoms with Crippen LogP contribution in [-0.2, 0) is 16.6 Å². The highest BCUT2D eigenvalue weighted by Crippen LogP contribution is 2.33. The summed E-state index contributed by atoms with van der Waals surface area (Å²) in [6.45, 7) is 6.06. The van der Waals surface area contributed by atoms with Crippen LogP contribution in [0.2, 0.25) is 0 Å². The minimum atomic E-state index is -3.45. The van der Waals surface area contributed by atoms with Crippen LogP contribution < -0.4 is 10.5 Å². The zero-order valence-corrected chi connectivity index (χ0v) is 12.5. The molecule has 0 saturated heterocycles. The summed E-state index contributed by atoms with van der Waals surface area (Å²) in [5.41, 5.74) is 8.34. The number of nitrogens with one attached hydrogen (secondary N) is 1. The first-order valence-corrected chi connectivity index (χ1v) is 8.16. The third kappa shape index (κ3) is 3.16. The Bertz CT molecular complexity index is 577. The highest BCUT2D eigenvalue weighted by Gasteiger charge is 2.31. The molecule has 19 heavy (non-hydrogen) atoms. The van der Waals surface area contributed by atoms with Gasteiger partial charge in [0.25, 0.3) is 0 Å². The van der Waals surface area contributed by atoms with E-state index in [9.17, 15) is 8.42 Å². The van der Waals surface area contributed by atoms with Crippen LogP contribution in [0, 0.1) is 19.8 Å². The topological polar surface area (TPSA) is 72.2 Å². The largest absolute Gasteiger partial charge is 0.326 e. The van der Waals surface area contributed by atoms with Crippen LogP contribution in [0.25, 0.3) is 0 Å². The van der Waals surface area contributed by atoms with E-state index in [2.05, 4.69) is 4.72 Å². The average molecular weight is 282 g/mol. The summed E-state index contributed by atoms with van der Waals surface area (Å²) in [6.07, 6.45) is 2.23. The zero-order chi connectivity index (χ0) is 14.2. The summed E-state index contributed by atoms with van der Waals surface area (Å²) in [4.78, 5) is 0.353. The van der Waals surface area contributed by atoms with E-state index in [1.807, 2.05) is 26.8 Å². The molecule has 0 aromatic heterocycles. The lowest BCUT2D eigenvalue weighted by Crippen LogP contribution is -2.34. The van der Waals surface area contributed by atoms with Gasteiger partial charge in [-0.05, 0) is 62.3 Å². The second kappa shape index (κ2) is 5.23. The molecule has 106 valence electrons. The molecule has 1 aromatic rings. The van der Waals surface area contributed by atoms with E-state index in [1.165, 1.54) is 0 Å². The van der Waals surface area contributed by atoms with Crippen molar-refractivity contribution >= 4 is 10.0 Å². The van der Waals surface area contributed by atoms with Crippen molar-refractivity contribution in [3.8, 4) is 0 Å². The van der Waals surface area contributed by atoms with Gasteiger partial charge in [0.15, 0.2) is 0 Å². The van der Waals surface area contributed by atoms with Crippen molar-refractivity contribution in [3.05, 3.63) is 28.8 Å². The maximum Gasteiger partial charge on any atom is 0.241 e. The van der Waals surface area contributed by atoms with Crippen LogP contribution in [0.3, 0.4) is 0 Å². The molecule has 0 amide bonds. The lowest BCUT2D eigenvalue weighted by molar-refractivity contribution is 0.537. The molecule has 1 aliphatic rings. The van der Waals surface area contributed by atoms with Gasteiger partial charge in [-0.1, -0.05) is 6.07 Å². The number of benzene rings is 1. The Kier molecular flexibility index (Phi) is 3.99. The van der Waals surface area contributed by atoms with Gasteiger partial charge < -0.3 is 5.73 Å². The van der Waals surface area contributed by atoms with E-state index in [4.69, 9.17) is 5.73 Å². The molecule has 1 atom stereocenters. The number of sulfonamides is 1. The fourth-order valence-electron chi connectivity index (χ4n) is 2.38. The van der Waals surface area contributed by atoms with Crippen LogP contribution >= 0.6 is 0 Å². The molecule has 0 radical (unpaired) electrons. The smallest absolute Gasteiger partial charge is 0.241 e. The summed E-state index contributed by atoms with van der Waals surface area (Å²) in [5, 5.41) is 0. The molecule has 1 aromatic carbocycles. The van der Waals surface area contributed by atoms with Gasteiger partial charge in [-0.25, -0.2) is 13.1 Å². The van der Waals surface area contributed by atoms with Crippen LogP contribution in [-0.4, -0.2) is 14.5 Å². The molecule has 2 rings (SSSR count). The first kappa shape index (κ1) is 14.5. The molecule has 0 aliphatic heterocycles. The molecule has 1 unspecified atom stereocenters. The predicted octanol–water partition coefficient (Wildman–Crippen LogP) is 1.84. The quantitative estimate of drug-likeness (QED) is 0.865. The van der Waals surface area contributed by atoms with Crippen molar-refractivity contribution in [3.63, 3.8) is 0 Å². The lowest BCUT2D eigenvalue weighted by Gasteiger charge is -2.16. The second-order valence-electron chi connectivity index (χ2n) is 5.50. The van der Waals surface area contributed by atoms with E-state index >= 15 is 0 Å². The fourth-order valence-corrected chi connectivity index (χ4v) is 3.97. The van der Waals surface area contributed by atoms with Gasteiger partial charge in [0.2, 0.25) is 10.0 Å². The molecular weight excluding hydrogens is 260 g/mol.